The van der Waals surface area contributed by atoms with Crippen molar-refractivity contribution in [3.05, 3.63) is 0 Å². The van der Waals surface area contributed by atoms with Crippen molar-refractivity contribution in [3.8, 4) is 0 Å². The first-order valence-electron chi connectivity index (χ1n) is 7.23. The lowest BCUT2D eigenvalue weighted by Gasteiger charge is -2.21. The Morgan fingerprint density at radius 3 is 2.05 bits per heavy atom. The van der Waals surface area contributed by atoms with E-state index in [1.54, 1.807) is 14.2 Å². The number of nitrogens with one attached hydrogen (secondary N) is 1. The highest BCUT2D eigenvalue weighted by Crippen LogP contribution is 1.90. The van der Waals surface area contributed by atoms with Crippen LogP contribution in [0.4, 0.5) is 0 Å². The SMILES string of the molecule is COCCN(CCNCCCOC(C)C)CCOC. The van der Waals surface area contributed by atoms with Crippen LogP contribution in [-0.4, -0.2) is 77.8 Å². The zero-order chi connectivity index (χ0) is 14.3. The number of hydrogen-bond acceptors (Lipinski definition) is 5. The molecule has 0 bridgehead atoms. The van der Waals surface area contributed by atoms with Gasteiger partial charge in [-0.1, -0.05) is 0 Å². The van der Waals surface area contributed by atoms with E-state index in [1.165, 1.54) is 0 Å². The Balaban J connectivity index is 3.45. The third-order valence-electron chi connectivity index (χ3n) is 2.78. The maximum atomic E-state index is 5.49. The van der Waals surface area contributed by atoms with Crippen LogP contribution >= 0.6 is 0 Å². The quantitative estimate of drug-likeness (QED) is 0.479. The topological polar surface area (TPSA) is 43.0 Å². The molecule has 19 heavy (non-hydrogen) atoms. The van der Waals surface area contributed by atoms with Gasteiger partial charge in [0.1, 0.15) is 0 Å². The van der Waals surface area contributed by atoms with Gasteiger partial charge in [0.2, 0.25) is 0 Å². The molecule has 0 fully saturated rings. The monoisotopic (exact) mass is 276 g/mol. The Bertz CT molecular complexity index is 172. The summed E-state index contributed by atoms with van der Waals surface area (Å²) < 4.78 is 15.7. The summed E-state index contributed by atoms with van der Waals surface area (Å²) in [5, 5.41) is 3.44. The lowest BCUT2D eigenvalue weighted by molar-refractivity contribution is 0.0768. The maximum Gasteiger partial charge on any atom is 0.0589 e. The summed E-state index contributed by atoms with van der Waals surface area (Å²) in [7, 11) is 3.48. The molecule has 0 saturated heterocycles. The van der Waals surface area contributed by atoms with Gasteiger partial charge < -0.3 is 19.5 Å². The minimum atomic E-state index is 0.332. The molecule has 0 spiro atoms. The van der Waals surface area contributed by atoms with Crippen LogP contribution in [-0.2, 0) is 14.2 Å². The van der Waals surface area contributed by atoms with Gasteiger partial charge in [0, 0.05) is 47.0 Å². The fourth-order valence-corrected chi connectivity index (χ4v) is 1.65. The molecule has 0 aliphatic carbocycles. The first-order chi connectivity index (χ1) is 9.20. The Morgan fingerprint density at radius 2 is 1.53 bits per heavy atom. The van der Waals surface area contributed by atoms with Crippen LogP contribution in [0.15, 0.2) is 0 Å². The molecule has 0 unspecified atom stereocenters. The van der Waals surface area contributed by atoms with Crippen molar-refractivity contribution in [2.75, 3.05) is 66.8 Å². The summed E-state index contributed by atoms with van der Waals surface area (Å²) in [4.78, 5) is 2.35. The molecule has 0 aromatic rings. The fraction of sp³-hybridized carbons (Fsp3) is 1.00. The standard InChI is InChI=1S/C14H32N2O3/c1-14(2)19-11-5-6-15-7-8-16(9-12-17-3)10-13-18-4/h14-15H,5-13H2,1-4H3. The Morgan fingerprint density at radius 1 is 0.895 bits per heavy atom. The predicted octanol–water partition coefficient (Wildman–Crippen LogP) is 0.986. The van der Waals surface area contributed by atoms with Crippen molar-refractivity contribution in [2.24, 2.45) is 0 Å². The van der Waals surface area contributed by atoms with Crippen molar-refractivity contribution in [1.29, 1.82) is 0 Å². The summed E-state index contributed by atoms with van der Waals surface area (Å²) in [5.41, 5.74) is 0. The van der Waals surface area contributed by atoms with Crippen molar-refractivity contribution in [2.45, 2.75) is 26.4 Å². The molecule has 0 heterocycles. The average Bonchev–Trinajstić information content (AvgIpc) is 2.39. The van der Waals surface area contributed by atoms with E-state index in [1.807, 2.05) is 0 Å². The van der Waals surface area contributed by atoms with Gasteiger partial charge in [-0.15, -0.1) is 0 Å². The molecule has 0 amide bonds. The zero-order valence-electron chi connectivity index (χ0n) is 13.1. The largest absolute Gasteiger partial charge is 0.383 e. The van der Waals surface area contributed by atoms with E-state index < -0.39 is 0 Å². The molecule has 0 saturated carbocycles. The van der Waals surface area contributed by atoms with Crippen LogP contribution in [0.3, 0.4) is 0 Å². The summed E-state index contributed by atoms with van der Waals surface area (Å²) >= 11 is 0. The van der Waals surface area contributed by atoms with Crippen molar-refractivity contribution >= 4 is 0 Å². The Labute approximate surface area is 118 Å². The van der Waals surface area contributed by atoms with Crippen LogP contribution < -0.4 is 5.32 Å². The van der Waals surface area contributed by atoms with E-state index in [9.17, 15) is 0 Å². The molecule has 0 aromatic heterocycles. The highest BCUT2D eigenvalue weighted by Gasteiger charge is 2.03. The first-order valence-corrected chi connectivity index (χ1v) is 7.23. The van der Waals surface area contributed by atoms with E-state index in [0.717, 1.165) is 59.0 Å². The molecule has 0 rings (SSSR count). The van der Waals surface area contributed by atoms with Gasteiger partial charge in [-0.25, -0.2) is 0 Å². The second kappa shape index (κ2) is 14.2. The molecule has 5 nitrogen and oxygen atoms in total. The summed E-state index contributed by atoms with van der Waals surface area (Å²) in [5.74, 6) is 0. The van der Waals surface area contributed by atoms with Gasteiger partial charge >= 0.3 is 0 Å². The number of rotatable bonds is 14. The second-order valence-corrected chi connectivity index (χ2v) is 4.85. The van der Waals surface area contributed by atoms with E-state index >= 15 is 0 Å². The predicted molar refractivity (Wildman–Crippen MR) is 78.8 cm³/mol. The molecule has 5 heteroatoms. The molecule has 116 valence electrons. The molecule has 0 aliphatic rings. The smallest absolute Gasteiger partial charge is 0.0589 e. The minimum absolute atomic E-state index is 0.332. The normalized spacial score (nSPS) is 11.7. The molecule has 0 aromatic carbocycles. The third kappa shape index (κ3) is 14.0. The highest BCUT2D eigenvalue weighted by molar-refractivity contribution is 4.59. The van der Waals surface area contributed by atoms with E-state index in [2.05, 4.69) is 24.1 Å². The van der Waals surface area contributed by atoms with Crippen molar-refractivity contribution in [3.63, 3.8) is 0 Å². The number of methoxy groups -OCH3 is 2. The Hall–Kier alpha value is -0.200. The summed E-state index contributed by atoms with van der Waals surface area (Å²) in [6.45, 7) is 11.4. The number of hydrogen-bond donors (Lipinski definition) is 1. The van der Waals surface area contributed by atoms with Crippen LogP contribution in [0.2, 0.25) is 0 Å². The number of ether oxygens (including phenoxy) is 3. The van der Waals surface area contributed by atoms with E-state index in [4.69, 9.17) is 14.2 Å². The van der Waals surface area contributed by atoms with Gasteiger partial charge in [-0.05, 0) is 26.8 Å². The van der Waals surface area contributed by atoms with Crippen LogP contribution in [0.5, 0.6) is 0 Å². The maximum absolute atomic E-state index is 5.49. The summed E-state index contributed by atoms with van der Waals surface area (Å²) in [6.07, 6.45) is 1.40. The van der Waals surface area contributed by atoms with Crippen molar-refractivity contribution < 1.29 is 14.2 Å². The second-order valence-electron chi connectivity index (χ2n) is 4.85. The van der Waals surface area contributed by atoms with Gasteiger partial charge in [0.05, 0.1) is 19.3 Å². The molecule has 0 radical (unpaired) electrons. The molecule has 0 atom stereocenters. The van der Waals surface area contributed by atoms with E-state index in [-0.39, 0.29) is 0 Å². The minimum Gasteiger partial charge on any atom is -0.383 e. The lowest BCUT2D eigenvalue weighted by Crippen LogP contribution is -2.36. The summed E-state index contributed by atoms with van der Waals surface area (Å²) in [6, 6.07) is 0. The Kier molecular flexibility index (Phi) is 14.1. The fourth-order valence-electron chi connectivity index (χ4n) is 1.65. The first kappa shape index (κ1) is 18.8. The van der Waals surface area contributed by atoms with Gasteiger partial charge in [0.25, 0.3) is 0 Å². The van der Waals surface area contributed by atoms with Crippen molar-refractivity contribution in [1.82, 2.24) is 10.2 Å². The average molecular weight is 276 g/mol. The number of nitrogens with zero attached hydrogens (tertiary/aromatic N) is 1. The lowest BCUT2D eigenvalue weighted by atomic mass is 10.4. The van der Waals surface area contributed by atoms with Gasteiger partial charge in [-0.2, -0.15) is 0 Å². The van der Waals surface area contributed by atoms with Crippen LogP contribution in [0.1, 0.15) is 20.3 Å². The van der Waals surface area contributed by atoms with Gasteiger partial charge in [-0.3, -0.25) is 4.90 Å². The molecule has 0 aliphatic heterocycles. The molecular weight excluding hydrogens is 244 g/mol. The van der Waals surface area contributed by atoms with Gasteiger partial charge in [0.15, 0.2) is 0 Å². The van der Waals surface area contributed by atoms with E-state index in [0.29, 0.717) is 6.10 Å². The zero-order valence-corrected chi connectivity index (χ0v) is 13.1. The molecule has 1 N–H and O–H groups in total. The van der Waals surface area contributed by atoms with Crippen LogP contribution in [0.25, 0.3) is 0 Å². The van der Waals surface area contributed by atoms with Crippen LogP contribution in [0, 0.1) is 0 Å². The highest BCUT2D eigenvalue weighted by atomic mass is 16.5. The molecular formula is C14H32N2O3. The third-order valence-corrected chi connectivity index (χ3v) is 2.78.